The number of halogens is 2. The first-order chi connectivity index (χ1) is 14.0. The Hall–Kier alpha value is -2.01. The van der Waals surface area contributed by atoms with Gasteiger partial charge in [0.1, 0.15) is 6.61 Å². The number of aryl methyl sites for hydroxylation is 1. The number of benzene rings is 3. The lowest BCUT2D eigenvalue weighted by atomic mass is 10.1. The highest BCUT2D eigenvalue weighted by Crippen LogP contribution is 2.34. The monoisotopic (exact) mass is 473 g/mol. The summed E-state index contributed by atoms with van der Waals surface area (Å²) in [6.07, 6.45) is 0.948. The van der Waals surface area contributed by atoms with E-state index in [1.54, 1.807) is 7.11 Å². The van der Waals surface area contributed by atoms with Crippen LogP contribution in [-0.2, 0) is 19.6 Å². The molecule has 0 aromatic heterocycles. The maximum Gasteiger partial charge on any atom is 0.162 e. The average Bonchev–Trinajstić information content (AvgIpc) is 2.73. The van der Waals surface area contributed by atoms with Gasteiger partial charge in [-0.2, -0.15) is 0 Å². The second-order valence-electron chi connectivity index (χ2n) is 6.92. The number of ether oxygens (including phenoxy) is 2. The smallest absolute Gasteiger partial charge is 0.162 e. The summed E-state index contributed by atoms with van der Waals surface area (Å²) in [5.41, 5.74) is 4.75. The van der Waals surface area contributed by atoms with Crippen molar-refractivity contribution in [1.82, 2.24) is 5.32 Å². The molecule has 3 aromatic carbocycles. The largest absolute Gasteiger partial charge is 0.493 e. The van der Waals surface area contributed by atoms with Gasteiger partial charge in [-0.25, -0.2) is 0 Å². The maximum atomic E-state index is 6.00. The molecule has 0 fully saturated rings. The predicted octanol–water partition coefficient (Wildman–Crippen LogP) is 6.33. The molecule has 0 aliphatic carbocycles. The van der Waals surface area contributed by atoms with E-state index >= 15 is 0 Å². The lowest BCUT2D eigenvalue weighted by Gasteiger charge is -2.15. The topological polar surface area (TPSA) is 30.5 Å². The summed E-state index contributed by atoms with van der Waals surface area (Å²) in [6, 6.07) is 20.3. The predicted molar refractivity (Wildman–Crippen MR) is 123 cm³/mol. The van der Waals surface area contributed by atoms with Crippen LogP contribution in [0.25, 0.3) is 0 Å². The standard InChI is InChI=1S/C24H25BrClNO2/c1-17-3-5-19(6-4-17)16-29-24-14-22(25)20(13-23(24)28-2)15-27-12-11-18-7-9-21(26)10-8-18/h3-10,13-14,27H,11-12,15-16H2,1-2H3. The Morgan fingerprint density at radius 3 is 2.31 bits per heavy atom. The molecule has 0 atom stereocenters. The van der Waals surface area contributed by atoms with Crippen molar-refractivity contribution in [1.29, 1.82) is 0 Å². The second kappa shape index (κ2) is 10.7. The van der Waals surface area contributed by atoms with Crippen LogP contribution in [0.3, 0.4) is 0 Å². The first-order valence-corrected chi connectivity index (χ1v) is 10.7. The molecule has 0 saturated carbocycles. The molecule has 3 rings (SSSR count). The highest BCUT2D eigenvalue weighted by atomic mass is 79.9. The molecule has 0 unspecified atom stereocenters. The highest BCUT2D eigenvalue weighted by molar-refractivity contribution is 9.10. The summed E-state index contributed by atoms with van der Waals surface area (Å²) >= 11 is 9.59. The Bertz CT molecular complexity index is 927. The van der Waals surface area contributed by atoms with Gasteiger partial charge in [-0.3, -0.25) is 0 Å². The van der Waals surface area contributed by atoms with Crippen LogP contribution in [-0.4, -0.2) is 13.7 Å². The van der Waals surface area contributed by atoms with E-state index in [4.69, 9.17) is 21.1 Å². The van der Waals surface area contributed by atoms with Crippen LogP contribution < -0.4 is 14.8 Å². The Labute approximate surface area is 186 Å². The zero-order chi connectivity index (χ0) is 20.6. The van der Waals surface area contributed by atoms with E-state index in [1.165, 1.54) is 11.1 Å². The zero-order valence-electron chi connectivity index (χ0n) is 16.7. The molecular formula is C24H25BrClNO2. The molecule has 0 radical (unpaired) electrons. The molecular weight excluding hydrogens is 450 g/mol. The average molecular weight is 475 g/mol. The number of rotatable bonds is 9. The third kappa shape index (κ3) is 6.49. The van der Waals surface area contributed by atoms with Crippen molar-refractivity contribution in [2.45, 2.75) is 26.5 Å². The first kappa shape index (κ1) is 21.7. The van der Waals surface area contributed by atoms with Crippen molar-refractivity contribution < 1.29 is 9.47 Å². The third-order valence-corrected chi connectivity index (χ3v) is 5.66. The zero-order valence-corrected chi connectivity index (χ0v) is 19.0. The fourth-order valence-electron chi connectivity index (χ4n) is 2.94. The summed E-state index contributed by atoms with van der Waals surface area (Å²) in [7, 11) is 1.67. The second-order valence-corrected chi connectivity index (χ2v) is 8.21. The molecule has 0 bridgehead atoms. The molecule has 0 aliphatic heterocycles. The van der Waals surface area contributed by atoms with Crippen LogP contribution in [0.15, 0.2) is 65.1 Å². The minimum atomic E-state index is 0.502. The minimum absolute atomic E-state index is 0.502. The summed E-state index contributed by atoms with van der Waals surface area (Å²) in [5, 5.41) is 4.25. The summed E-state index contributed by atoms with van der Waals surface area (Å²) in [6.45, 7) is 4.19. The summed E-state index contributed by atoms with van der Waals surface area (Å²) in [5.74, 6) is 1.46. The quantitative estimate of drug-likeness (QED) is 0.368. The fraction of sp³-hybridized carbons (Fsp3) is 0.250. The lowest BCUT2D eigenvalue weighted by molar-refractivity contribution is 0.284. The van der Waals surface area contributed by atoms with Crippen molar-refractivity contribution >= 4 is 27.5 Å². The van der Waals surface area contributed by atoms with Gasteiger partial charge in [0.05, 0.1) is 7.11 Å². The fourth-order valence-corrected chi connectivity index (χ4v) is 3.53. The Balaban J connectivity index is 1.57. The van der Waals surface area contributed by atoms with Crippen molar-refractivity contribution in [2.24, 2.45) is 0 Å². The molecule has 3 aromatic rings. The highest BCUT2D eigenvalue weighted by Gasteiger charge is 2.11. The molecule has 1 N–H and O–H groups in total. The van der Waals surface area contributed by atoms with Crippen molar-refractivity contribution in [3.8, 4) is 11.5 Å². The molecule has 5 heteroatoms. The van der Waals surface area contributed by atoms with Crippen molar-refractivity contribution in [3.05, 3.63) is 92.4 Å². The Morgan fingerprint density at radius 2 is 1.62 bits per heavy atom. The van der Waals surface area contributed by atoms with E-state index in [0.29, 0.717) is 6.61 Å². The van der Waals surface area contributed by atoms with Gasteiger partial charge in [0.25, 0.3) is 0 Å². The lowest BCUT2D eigenvalue weighted by Crippen LogP contribution is -2.17. The molecule has 29 heavy (non-hydrogen) atoms. The molecule has 0 spiro atoms. The van der Waals surface area contributed by atoms with E-state index in [-0.39, 0.29) is 0 Å². The van der Waals surface area contributed by atoms with Gasteiger partial charge in [0, 0.05) is 16.0 Å². The number of hydrogen-bond acceptors (Lipinski definition) is 3. The summed E-state index contributed by atoms with van der Waals surface area (Å²) < 4.78 is 12.5. The van der Waals surface area contributed by atoms with E-state index < -0.39 is 0 Å². The van der Waals surface area contributed by atoms with Crippen LogP contribution in [0.4, 0.5) is 0 Å². The van der Waals surface area contributed by atoms with Gasteiger partial charge < -0.3 is 14.8 Å². The van der Waals surface area contributed by atoms with Crippen LogP contribution in [0, 0.1) is 6.92 Å². The number of methoxy groups -OCH3 is 1. The molecule has 0 aliphatic rings. The molecule has 0 saturated heterocycles. The SMILES string of the molecule is COc1cc(CNCCc2ccc(Cl)cc2)c(Br)cc1OCc1ccc(C)cc1. The van der Waals surface area contributed by atoms with E-state index in [9.17, 15) is 0 Å². The minimum Gasteiger partial charge on any atom is -0.493 e. The molecule has 152 valence electrons. The third-order valence-electron chi connectivity index (χ3n) is 4.67. The first-order valence-electron chi connectivity index (χ1n) is 9.55. The van der Waals surface area contributed by atoms with Gasteiger partial charge >= 0.3 is 0 Å². The normalized spacial score (nSPS) is 10.8. The van der Waals surface area contributed by atoms with E-state index in [2.05, 4.69) is 64.6 Å². The number of hydrogen-bond donors (Lipinski definition) is 1. The van der Waals surface area contributed by atoms with Crippen molar-refractivity contribution in [2.75, 3.05) is 13.7 Å². The van der Waals surface area contributed by atoms with Gasteiger partial charge in [0.2, 0.25) is 0 Å². The van der Waals surface area contributed by atoms with E-state index in [0.717, 1.165) is 51.6 Å². The van der Waals surface area contributed by atoms with Crippen molar-refractivity contribution in [3.63, 3.8) is 0 Å². The molecule has 3 nitrogen and oxygen atoms in total. The van der Waals surface area contributed by atoms with E-state index in [1.807, 2.05) is 24.3 Å². The van der Waals surface area contributed by atoms with Crippen LogP contribution in [0.1, 0.15) is 22.3 Å². The van der Waals surface area contributed by atoms with Gasteiger partial charge in [0.15, 0.2) is 11.5 Å². The molecule has 0 heterocycles. The van der Waals surface area contributed by atoms with Crippen LogP contribution in [0.2, 0.25) is 5.02 Å². The Kier molecular flexibility index (Phi) is 7.99. The summed E-state index contributed by atoms with van der Waals surface area (Å²) in [4.78, 5) is 0. The maximum absolute atomic E-state index is 6.00. The Morgan fingerprint density at radius 1 is 0.931 bits per heavy atom. The van der Waals surface area contributed by atoms with Gasteiger partial charge in [-0.05, 0) is 60.8 Å². The molecule has 0 amide bonds. The van der Waals surface area contributed by atoms with Crippen LogP contribution >= 0.6 is 27.5 Å². The van der Waals surface area contributed by atoms with Crippen LogP contribution in [0.5, 0.6) is 11.5 Å². The van der Waals surface area contributed by atoms with Gasteiger partial charge in [-0.15, -0.1) is 0 Å². The van der Waals surface area contributed by atoms with Gasteiger partial charge in [-0.1, -0.05) is 69.5 Å². The number of nitrogens with one attached hydrogen (secondary N) is 1.